The number of carbonyl (C=O) groups is 1. The molecule has 0 bridgehead atoms. The molecule has 0 aromatic heterocycles. The van der Waals surface area contributed by atoms with Gasteiger partial charge in [-0.05, 0) is 43.8 Å². The Kier molecular flexibility index (Phi) is 10.7. The lowest BCUT2D eigenvalue weighted by Crippen LogP contribution is -2.28. The molecule has 0 aliphatic carbocycles. The van der Waals surface area contributed by atoms with E-state index in [-0.39, 0.29) is 35.5 Å². The van der Waals surface area contributed by atoms with Crippen LogP contribution in [-0.4, -0.2) is 30.2 Å². The first kappa shape index (κ1) is 24.3. The lowest BCUT2D eigenvalue weighted by atomic mass is 10.1. The number of anilines is 1. The van der Waals surface area contributed by atoms with Gasteiger partial charge in [-0.25, -0.2) is 4.39 Å². The van der Waals surface area contributed by atoms with E-state index in [0.717, 1.165) is 12.6 Å². The van der Waals surface area contributed by atoms with Crippen LogP contribution >= 0.6 is 8.03 Å². The molecule has 0 aliphatic heterocycles. The summed E-state index contributed by atoms with van der Waals surface area (Å²) in [6.45, 7) is 5.13. The number of carbonyl (C=O) groups excluding carboxylic acids is 1. The van der Waals surface area contributed by atoms with Crippen molar-refractivity contribution >= 4 is 24.9 Å². The minimum Gasteiger partial charge on any atom is -0.591 e. The number of likely N-dealkylation sites (N-methyl/N-ethyl adjacent to an activating group) is 1. The van der Waals surface area contributed by atoms with Gasteiger partial charge in [0.25, 0.3) is 5.91 Å². The van der Waals surface area contributed by atoms with E-state index >= 15 is 0 Å². The molecule has 0 heterocycles. The highest BCUT2D eigenvalue weighted by atomic mass is 31.1. The second-order valence-electron chi connectivity index (χ2n) is 6.04. The molecule has 0 saturated carbocycles. The number of aliphatic hydroxyl groups is 1. The van der Waals surface area contributed by atoms with Gasteiger partial charge in [0.05, 0.1) is 19.1 Å². The SMILES string of the molecule is CCNC(C)CO.N#CCc1cc(NC(=O)c2cccc([P+](=O)[O-])c2)ccc1F. The van der Waals surface area contributed by atoms with Crippen molar-refractivity contribution in [3.05, 3.63) is 59.4 Å². The van der Waals surface area contributed by atoms with Crippen LogP contribution in [0, 0.1) is 17.1 Å². The van der Waals surface area contributed by atoms with E-state index in [1.165, 1.54) is 36.4 Å². The summed E-state index contributed by atoms with van der Waals surface area (Å²) in [4.78, 5) is 23.0. The summed E-state index contributed by atoms with van der Waals surface area (Å²) in [5.41, 5.74) is 0.674. The third-order valence-corrected chi connectivity index (χ3v) is 4.42. The summed E-state index contributed by atoms with van der Waals surface area (Å²) in [6, 6.07) is 11.5. The van der Waals surface area contributed by atoms with E-state index in [1.54, 1.807) is 0 Å². The number of benzene rings is 2. The Labute approximate surface area is 170 Å². The minimum absolute atomic E-state index is 0.0342. The first-order valence-electron chi connectivity index (χ1n) is 8.87. The number of aliphatic hydroxyl groups excluding tert-OH is 1. The van der Waals surface area contributed by atoms with Crippen molar-refractivity contribution in [1.29, 1.82) is 5.26 Å². The van der Waals surface area contributed by atoms with E-state index in [4.69, 9.17) is 10.4 Å². The zero-order valence-corrected chi connectivity index (χ0v) is 17.1. The zero-order valence-electron chi connectivity index (χ0n) is 16.2. The van der Waals surface area contributed by atoms with Gasteiger partial charge in [0, 0.05) is 28.9 Å². The summed E-state index contributed by atoms with van der Waals surface area (Å²) >= 11 is 0. The van der Waals surface area contributed by atoms with Crippen molar-refractivity contribution < 1.29 is 23.7 Å². The third kappa shape index (κ3) is 8.46. The highest BCUT2D eigenvalue weighted by Crippen LogP contribution is 2.17. The molecule has 3 N–H and O–H groups in total. The molecular formula is C20H23FN3O4P. The predicted molar refractivity (Wildman–Crippen MR) is 108 cm³/mol. The number of nitrogens with zero attached hydrogens (tertiary/aromatic N) is 1. The van der Waals surface area contributed by atoms with Crippen LogP contribution in [0.4, 0.5) is 10.1 Å². The largest absolute Gasteiger partial charge is 0.591 e. The molecule has 7 nitrogen and oxygen atoms in total. The standard InChI is InChI=1S/C15H10FN2O3P.C5H13NO/c16-14-5-4-12(8-10(14)6-7-17)18-15(19)11-2-1-3-13(9-11)22(20)21;1-3-6-5(2)4-7/h1-5,8-9H,6H2,(H,18,19);5-7H,3-4H2,1-2H3. The van der Waals surface area contributed by atoms with Crippen LogP contribution in [0.5, 0.6) is 0 Å². The zero-order chi connectivity index (χ0) is 21.8. The molecule has 2 atom stereocenters. The fraction of sp³-hybridized carbons (Fsp3) is 0.300. The Bertz CT molecular complexity index is 886. The summed E-state index contributed by atoms with van der Waals surface area (Å²) in [6.07, 6.45) is -0.109. The van der Waals surface area contributed by atoms with Crippen molar-refractivity contribution in [2.45, 2.75) is 26.3 Å². The van der Waals surface area contributed by atoms with E-state index < -0.39 is 19.8 Å². The van der Waals surface area contributed by atoms with Gasteiger partial charge >= 0.3 is 8.03 Å². The second-order valence-corrected chi connectivity index (χ2v) is 7.07. The molecule has 1 amide bonds. The highest BCUT2D eigenvalue weighted by Gasteiger charge is 2.13. The Balaban J connectivity index is 0.000000516. The molecule has 2 aromatic carbocycles. The van der Waals surface area contributed by atoms with Crippen LogP contribution in [0.15, 0.2) is 42.5 Å². The Morgan fingerprint density at radius 3 is 2.62 bits per heavy atom. The van der Waals surface area contributed by atoms with Gasteiger partial charge in [0.1, 0.15) is 5.82 Å². The van der Waals surface area contributed by atoms with Crippen molar-refractivity contribution in [3.63, 3.8) is 0 Å². The van der Waals surface area contributed by atoms with Crippen molar-refractivity contribution in [1.82, 2.24) is 5.32 Å². The fourth-order valence-electron chi connectivity index (χ4n) is 2.25. The summed E-state index contributed by atoms with van der Waals surface area (Å²) in [5, 5.41) is 22.6. The average molecular weight is 419 g/mol. The van der Waals surface area contributed by atoms with E-state index in [0.29, 0.717) is 5.69 Å². The fourth-order valence-corrected chi connectivity index (χ4v) is 2.70. The Morgan fingerprint density at radius 2 is 2.07 bits per heavy atom. The molecule has 0 spiro atoms. The number of nitrogens with one attached hydrogen (secondary N) is 2. The van der Waals surface area contributed by atoms with E-state index in [9.17, 15) is 18.6 Å². The molecule has 2 rings (SSSR count). The second kappa shape index (κ2) is 12.7. The number of rotatable bonds is 7. The smallest absolute Gasteiger partial charge is 0.348 e. The first-order chi connectivity index (χ1) is 13.8. The summed E-state index contributed by atoms with van der Waals surface area (Å²) in [5.74, 6) is -1.04. The molecular weight excluding hydrogens is 396 g/mol. The predicted octanol–water partition coefficient (Wildman–Crippen LogP) is 1.85. The third-order valence-electron chi connectivity index (χ3n) is 3.72. The van der Waals surface area contributed by atoms with Gasteiger partial charge in [-0.1, -0.05) is 17.6 Å². The van der Waals surface area contributed by atoms with Crippen LogP contribution in [-0.2, 0) is 11.0 Å². The topological polar surface area (TPSA) is 125 Å². The van der Waals surface area contributed by atoms with Crippen molar-refractivity contribution in [2.24, 2.45) is 0 Å². The molecule has 0 aliphatic rings. The molecule has 2 unspecified atom stereocenters. The molecule has 2 aromatic rings. The summed E-state index contributed by atoms with van der Waals surface area (Å²) < 4.78 is 24.3. The lowest BCUT2D eigenvalue weighted by Gasteiger charge is -2.07. The van der Waals surface area contributed by atoms with Gasteiger partial charge < -0.3 is 20.6 Å². The Morgan fingerprint density at radius 1 is 1.34 bits per heavy atom. The molecule has 154 valence electrons. The van der Waals surface area contributed by atoms with Gasteiger partial charge in [0.2, 0.25) is 0 Å². The van der Waals surface area contributed by atoms with Crippen molar-refractivity contribution in [2.75, 3.05) is 18.5 Å². The molecule has 0 radical (unpaired) electrons. The number of halogens is 1. The molecule has 29 heavy (non-hydrogen) atoms. The van der Waals surface area contributed by atoms with Crippen LogP contribution in [0.25, 0.3) is 0 Å². The highest BCUT2D eigenvalue weighted by molar-refractivity contribution is 7.45. The van der Waals surface area contributed by atoms with Crippen LogP contribution in [0.3, 0.4) is 0 Å². The maximum atomic E-state index is 13.4. The normalized spacial score (nSPS) is 11.5. The van der Waals surface area contributed by atoms with Gasteiger partial charge in [-0.2, -0.15) is 5.26 Å². The van der Waals surface area contributed by atoms with E-state index in [2.05, 4.69) is 10.6 Å². The summed E-state index contributed by atoms with van der Waals surface area (Å²) in [7, 11) is -2.78. The maximum Gasteiger partial charge on any atom is 0.348 e. The Hall–Kier alpha value is -2.69. The van der Waals surface area contributed by atoms with Crippen LogP contribution < -0.4 is 20.8 Å². The number of amides is 1. The molecule has 0 fully saturated rings. The van der Waals surface area contributed by atoms with Gasteiger partial charge in [0.15, 0.2) is 5.30 Å². The van der Waals surface area contributed by atoms with Crippen LogP contribution in [0.2, 0.25) is 0 Å². The number of hydrogen-bond donors (Lipinski definition) is 3. The monoisotopic (exact) mass is 419 g/mol. The lowest BCUT2D eigenvalue weighted by molar-refractivity contribution is -0.160. The number of hydrogen-bond acceptors (Lipinski definition) is 6. The molecule has 9 heteroatoms. The first-order valence-corrected chi connectivity index (χ1v) is 10.1. The van der Waals surface area contributed by atoms with Gasteiger partial charge in [-0.15, -0.1) is 0 Å². The minimum atomic E-state index is -2.78. The average Bonchev–Trinajstić information content (AvgIpc) is 2.71. The van der Waals surface area contributed by atoms with Gasteiger partial charge in [-0.3, -0.25) is 4.79 Å². The maximum absolute atomic E-state index is 13.4. The van der Waals surface area contributed by atoms with E-state index in [1.807, 2.05) is 19.9 Å². The quantitative estimate of drug-likeness (QED) is 0.588. The number of nitriles is 1. The molecule has 0 saturated heterocycles. The van der Waals surface area contributed by atoms with Crippen molar-refractivity contribution in [3.8, 4) is 6.07 Å². The van der Waals surface area contributed by atoms with Crippen LogP contribution in [0.1, 0.15) is 29.8 Å².